The minimum absolute atomic E-state index is 0.312. The molecule has 1 aromatic rings. The quantitative estimate of drug-likeness (QED) is 0.701. The minimum atomic E-state index is -4.31. The zero-order chi connectivity index (χ0) is 13.1. The van der Waals surface area contributed by atoms with E-state index in [-0.39, 0.29) is 5.41 Å². The van der Waals surface area contributed by atoms with Gasteiger partial charge in [0.1, 0.15) is 0 Å². The maximum absolute atomic E-state index is 12.5. The van der Waals surface area contributed by atoms with E-state index in [1.807, 2.05) is 6.92 Å². The van der Waals surface area contributed by atoms with Gasteiger partial charge in [0.25, 0.3) is 0 Å². The van der Waals surface area contributed by atoms with Crippen LogP contribution in [-0.4, -0.2) is 11.8 Å². The van der Waals surface area contributed by atoms with Gasteiger partial charge < -0.3 is 0 Å². The lowest BCUT2D eigenvalue weighted by Gasteiger charge is -2.24. The second kappa shape index (κ2) is 5.49. The molecule has 1 rings (SSSR count). The van der Waals surface area contributed by atoms with Crippen LogP contribution in [0.5, 0.6) is 0 Å². The molecule has 0 unspecified atom stereocenters. The number of hydrogen-bond donors (Lipinski definition) is 0. The Bertz CT molecular complexity index is 370. The summed E-state index contributed by atoms with van der Waals surface area (Å²) in [6.07, 6.45) is -3.88. The van der Waals surface area contributed by atoms with Crippen molar-refractivity contribution in [2.75, 3.05) is 11.8 Å². The average molecular weight is 285 g/mol. The van der Waals surface area contributed by atoms with Gasteiger partial charge in [-0.1, -0.05) is 25.1 Å². The number of alkyl halides is 5. The van der Waals surface area contributed by atoms with Crippen LogP contribution in [0.2, 0.25) is 0 Å². The Kier molecular flexibility index (Phi) is 4.73. The number of halogens is 5. The molecule has 0 aliphatic carbocycles. The number of rotatable bonds is 4. The standard InChI is InChI=1S/C12H13Cl2F3/c1-11(7-13,8-14)6-9-3-2-4-10(5-9)12(15,16)17/h2-5H,6-8H2,1H3. The van der Waals surface area contributed by atoms with Crippen LogP contribution in [0, 0.1) is 5.41 Å². The van der Waals surface area contributed by atoms with Crippen LogP contribution in [0.1, 0.15) is 18.1 Å². The van der Waals surface area contributed by atoms with Crippen molar-refractivity contribution >= 4 is 23.2 Å². The van der Waals surface area contributed by atoms with Crippen LogP contribution in [0.3, 0.4) is 0 Å². The molecule has 0 aliphatic heterocycles. The predicted molar refractivity (Wildman–Crippen MR) is 64.7 cm³/mol. The summed E-state index contributed by atoms with van der Waals surface area (Å²) in [5.74, 6) is 0.624. The van der Waals surface area contributed by atoms with E-state index >= 15 is 0 Å². The van der Waals surface area contributed by atoms with Crippen molar-refractivity contribution in [3.8, 4) is 0 Å². The van der Waals surface area contributed by atoms with Crippen molar-refractivity contribution < 1.29 is 13.2 Å². The van der Waals surface area contributed by atoms with Gasteiger partial charge in [0.05, 0.1) is 5.56 Å². The fourth-order valence-electron chi connectivity index (χ4n) is 1.48. The molecule has 0 nitrogen and oxygen atoms in total. The van der Waals surface area contributed by atoms with Crippen LogP contribution >= 0.6 is 23.2 Å². The van der Waals surface area contributed by atoms with Crippen molar-refractivity contribution in [1.82, 2.24) is 0 Å². The molecule has 0 saturated heterocycles. The van der Waals surface area contributed by atoms with Gasteiger partial charge in [-0.15, -0.1) is 23.2 Å². The molecule has 0 atom stereocenters. The van der Waals surface area contributed by atoms with Crippen LogP contribution in [0.4, 0.5) is 13.2 Å². The highest BCUT2D eigenvalue weighted by Gasteiger charge is 2.31. The fraction of sp³-hybridized carbons (Fsp3) is 0.500. The largest absolute Gasteiger partial charge is 0.416 e. The summed E-state index contributed by atoms with van der Waals surface area (Å²) < 4.78 is 37.5. The second-order valence-corrected chi connectivity index (χ2v) is 4.99. The molecule has 0 fully saturated rings. The third-order valence-electron chi connectivity index (χ3n) is 2.53. The Morgan fingerprint density at radius 1 is 1.12 bits per heavy atom. The number of benzene rings is 1. The molecule has 1 aromatic carbocycles. The minimum Gasteiger partial charge on any atom is -0.166 e. The fourth-order valence-corrected chi connectivity index (χ4v) is 1.96. The summed E-state index contributed by atoms with van der Waals surface area (Å²) in [6, 6.07) is 5.27. The van der Waals surface area contributed by atoms with Crippen LogP contribution < -0.4 is 0 Å². The first-order valence-corrected chi connectivity index (χ1v) is 6.16. The Labute approximate surface area is 109 Å². The highest BCUT2D eigenvalue weighted by atomic mass is 35.5. The molecule has 0 saturated carbocycles. The first-order valence-electron chi connectivity index (χ1n) is 5.09. The topological polar surface area (TPSA) is 0 Å². The number of hydrogen-bond acceptors (Lipinski definition) is 0. The SMILES string of the molecule is CC(CCl)(CCl)Cc1cccc(C(F)(F)F)c1. The lowest BCUT2D eigenvalue weighted by Crippen LogP contribution is -2.24. The third-order valence-corrected chi connectivity index (χ3v) is 3.82. The molecule has 0 aliphatic rings. The van der Waals surface area contributed by atoms with Crippen molar-refractivity contribution in [1.29, 1.82) is 0 Å². The predicted octanol–water partition coefficient (Wildman–Crippen LogP) is 4.73. The van der Waals surface area contributed by atoms with Gasteiger partial charge >= 0.3 is 6.18 Å². The Hall–Kier alpha value is -0.410. The monoisotopic (exact) mass is 284 g/mol. The van der Waals surface area contributed by atoms with Gasteiger partial charge in [0, 0.05) is 11.8 Å². The Morgan fingerprint density at radius 3 is 2.18 bits per heavy atom. The van der Waals surface area contributed by atoms with E-state index in [2.05, 4.69) is 0 Å². The Morgan fingerprint density at radius 2 is 1.71 bits per heavy atom. The molecule has 0 spiro atoms. The second-order valence-electron chi connectivity index (χ2n) is 4.45. The molecule has 5 heteroatoms. The van der Waals surface area contributed by atoms with E-state index in [9.17, 15) is 13.2 Å². The van der Waals surface area contributed by atoms with Gasteiger partial charge in [-0.05, 0) is 23.5 Å². The van der Waals surface area contributed by atoms with Crippen LogP contribution in [0.25, 0.3) is 0 Å². The summed E-state index contributed by atoms with van der Waals surface area (Å²) in [6.45, 7) is 1.85. The molecule has 17 heavy (non-hydrogen) atoms. The van der Waals surface area contributed by atoms with Crippen molar-refractivity contribution in [2.24, 2.45) is 5.41 Å². The zero-order valence-corrected chi connectivity index (χ0v) is 10.8. The molecule has 0 amide bonds. The molecule has 0 N–H and O–H groups in total. The van der Waals surface area contributed by atoms with Crippen molar-refractivity contribution in [3.63, 3.8) is 0 Å². The molecule has 0 bridgehead atoms. The molecular formula is C12H13Cl2F3. The molecule has 0 heterocycles. The van der Waals surface area contributed by atoms with Gasteiger partial charge in [-0.25, -0.2) is 0 Å². The summed E-state index contributed by atoms with van der Waals surface area (Å²) in [5.41, 5.74) is -0.419. The lowest BCUT2D eigenvalue weighted by atomic mass is 9.87. The normalized spacial score (nSPS) is 12.8. The first kappa shape index (κ1) is 14.7. The lowest BCUT2D eigenvalue weighted by molar-refractivity contribution is -0.137. The van der Waals surface area contributed by atoms with Gasteiger partial charge in [0.2, 0.25) is 0 Å². The van der Waals surface area contributed by atoms with Crippen LogP contribution in [-0.2, 0) is 12.6 Å². The van der Waals surface area contributed by atoms with E-state index in [0.717, 1.165) is 12.1 Å². The van der Waals surface area contributed by atoms with Gasteiger partial charge in [-0.2, -0.15) is 13.2 Å². The highest BCUT2D eigenvalue weighted by Crippen LogP contribution is 2.32. The van der Waals surface area contributed by atoms with Gasteiger partial charge in [-0.3, -0.25) is 0 Å². The van der Waals surface area contributed by atoms with Crippen LogP contribution in [0.15, 0.2) is 24.3 Å². The summed E-state index contributed by atoms with van der Waals surface area (Å²) >= 11 is 11.6. The van der Waals surface area contributed by atoms with Crippen molar-refractivity contribution in [3.05, 3.63) is 35.4 Å². The molecule has 0 radical (unpaired) electrons. The maximum Gasteiger partial charge on any atom is 0.416 e. The molecular weight excluding hydrogens is 272 g/mol. The van der Waals surface area contributed by atoms with E-state index in [1.165, 1.54) is 6.07 Å². The van der Waals surface area contributed by atoms with E-state index in [4.69, 9.17) is 23.2 Å². The van der Waals surface area contributed by atoms with E-state index in [0.29, 0.717) is 23.7 Å². The Balaban J connectivity index is 2.93. The van der Waals surface area contributed by atoms with Crippen molar-refractivity contribution in [2.45, 2.75) is 19.5 Å². The van der Waals surface area contributed by atoms with E-state index < -0.39 is 11.7 Å². The summed E-state index contributed by atoms with van der Waals surface area (Å²) in [5, 5.41) is 0. The molecule has 0 aromatic heterocycles. The zero-order valence-electron chi connectivity index (χ0n) is 9.32. The first-order chi connectivity index (χ1) is 7.80. The summed E-state index contributed by atoms with van der Waals surface area (Å²) in [7, 11) is 0. The molecule has 96 valence electrons. The third kappa shape index (κ3) is 4.07. The summed E-state index contributed by atoms with van der Waals surface area (Å²) in [4.78, 5) is 0. The average Bonchev–Trinajstić information content (AvgIpc) is 2.28. The maximum atomic E-state index is 12.5. The smallest absolute Gasteiger partial charge is 0.166 e. The highest BCUT2D eigenvalue weighted by molar-refractivity contribution is 6.21. The van der Waals surface area contributed by atoms with E-state index in [1.54, 1.807) is 6.07 Å². The van der Waals surface area contributed by atoms with Gasteiger partial charge in [0.15, 0.2) is 0 Å².